The van der Waals surface area contributed by atoms with Crippen molar-refractivity contribution in [1.82, 2.24) is 9.97 Å². The van der Waals surface area contributed by atoms with Crippen molar-refractivity contribution < 1.29 is 9.53 Å². The fourth-order valence-corrected chi connectivity index (χ4v) is 1.68. The molecule has 0 atom stereocenters. The van der Waals surface area contributed by atoms with Crippen LogP contribution in [0.25, 0.3) is 11.3 Å². The smallest absolute Gasteiger partial charge is 0.357 e. The van der Waals surface area contributed by atoms with Crippen molar-refractivity contribution in [3.63, 3.8) is 0 Å². The molecule has 0 fully saturated rings. The predicted octanol–water partition coefficient (Wildman–Crippen LogP) is 2.91. The number of nitrogens with zero attached hydrogens (tertiary/aromatic N) is 1. The molecule has 1 aromatic carbocycles. The molecule has 0 saturated carbocycles. The third-order valence-electron chi connectivity index (χ3n) is 2.20. The first-order valence-electron chi connectivity index (χ1n) is 5.20. The van der Waals surface area contributed by atoms with Crippen molar-refractivity contribution in [2.45, 2.75) is 6.92 Å². The van der Waals surface area contributed by atoms with E-state index in [1.807, 2.05) is 30.3 Å². The fourth-order valence-electron chi connectivity index (χ4n) is 1.50. The van der Waals surface area contributed by atoms with Gasteiger partial charge in [-0.25, -0.2) is 9.78 Å². The molecule has 0 spiro atoms. The summed E-state index contributed by atoms with van der Waals surface area (Å²) in [5, 5.41) is 0.173. The average Bonchev–Trinajstić information content (AvgIpc) is 2.73. The van der Waals surface area contributed by atoms with Crippen LogP contribution in [0.3, 0.4) is 0 Å². The van der Waals surface area contributed by atoms with E-state index in [0.29, 0.717) is 12.3 Å². The third kappa shape index (κ3) is 2.47. The maximum atomic E-state index is 11.7. The molecule has 1 heterocycles. The molecule has 0 amide bonds. The minimum Gasteiger partial charge on any atom is -0.461 e. The zero-order chi connectivity index (χ0) is 12.3. The number of aromatic nitrogens is 2. The molecule has 1 aromatic heterocycles. The van der Waals surface area contributed by atoms with Gasteiger partial charge in [0.15, 0.2) is 5.69 Å². The summed E-state index contributed by atoms with van der Waals surface area (Å²) in [6, 6.07) is 9.34. The molecule has 17 heavy (non-hydrogen) atoms. The molecule has 0 radical (unpaired) electrons. The van der Waals surface area contributed by atoms with Crippen LogP contribution in [0, 0.1) is 0 Å². The molecule has 0 aliphatic rings. The number of carbonyl (C=O) groups is 1. The average molecular weight is 251 g/mol. The Morgan fingerprint density at radius 1 is 1.41 bits per heavy atom. The maximum Gasteiger partial charge on any atom is 0.357 e. The second kappa shape index (κ2) is 5.01. The van der Waals surface area contributed by atoms with Crippen LogP contribution in [0.15, 0.2) is 30.3 Å². The number of halogens is 1. The van der Waals surface area contributed by atoms with E-state index >= 15 is 0 Å². The Hall–Kier alpha value is -1.81. The van der Waals surface area contributed by atoms with Gasteiger partial charge in [0.2, 0.25) is 5.28 Å². The number of ether oxygens (including phenoxy) is 1. The summed E-state index contributed by atoms with van der Waals surface area (Å²) in [4.78, 5) is 18.5. The van der Waals surface area contributed by atoms with Crippen molar-refractivity contribution in [2.24, 2.45) is 0 Å². The van der Waals surface area contributed by atoms with Crippen LogP contribution in [0.2, 0.25) is 5.28 Å². The fraction of sp³-hybridized carbons (Fsp3) is 0.167. The number of nitrogens with one attached hydrogen (secondary N) is 1. The number of H-pyrrole nitrogens is 1. The lowest BCUT2D eigenvalue weighted by Crippen LogP contribution is -2.06. The largest absolute Gasteiger partial charge is 0.461 e. The van der Waals surface area contributed by atoms with E-state index in [2.05, 4.69) is 9.97 Å². The zero-order valence-electron chi connectivity index (χ0n) is 9.24. The number of rotatable bonds is 3. The van der Waals surface area contributed by atoms with Crippen molar-refractivity contribution in [2.75, 3.05) is 6.61 Å². The first-order chi connectivity index (χ1) is 8.22. The monoisotopic (exact) mass is 250 g/mol. The second-order valence-electron chi connectivity index (χ2n) is 3.34. The summed E-state index contributed by atoms with van der Waals surface area (Å²) in [5.74, 6) is -0.453. The highest BCUT2D eigenvalue weighted by atomic mass is 35.5. The molecule has 5 heteroatoms. The topological polar surface area (TPSA) is 55.0 Å². The molecule has 2 rings (SSSR count). The lowest BCUT2D eigenvalue weighted by atomic mass is 10.1. The normalized spacial score (nSPS) is 10.2. The number of hydrogen-bond donors (Lipinski definition) is 1. The van der Waals surface area contributed by atoms with E-state index < -0.39 is 5.97 Å². The van der Waals surface area contributed by atoms with Gasteiger partial charge in [0, 0.05) is 5.56 Å². The molecular formula is C12H11ClN2O2. The predicted molar refractivity (Wildman–Crippen MR) is 65.0 cm³/mol. The van der Waals surface area contributed by atoms with Crippen LogP contribution in [0.5, 0.6) is 0 Å². The Morgan fingerprint density at radius 3 is 2.76 bits per heavy atom. The second-order valence-corrected chi connectivity index (χ2v) is 3.70. The van der Waals surface area contributed by atoms with Crippen molar-refractivity contribution in [3.8, 4) is 11.3 Å². The van der Waals surface area contributed by atoms with E-state index in [4.69, 9.17) is 16.3 Å². The maximum absolute atomic E-state index is 11.7. The van der Waals surface area contributed by atoms with E-state index in [1.54, 1.807) is 6.92 Å². The Bertz CT molecular complexity index is 523. The van der Waals surface area contributed by atoms with E-state index in [1.165, 1.54) is 0 Å². The molecule has 2 aromatic rings. The SMILES string of the molecule is CCOC(=O)c1[nH]c(Cl)nc1-c1ccccc1. The Labute approximate surface area is 104 Å². The van der Waals surface area contributed by atoms with E-state index in [0.717, 1.165) is 5.56 Å². The van der Waals surface area contributed by atoms with E-state index in [9.17, 15) is 4.79 Å². The van der Waals surface area contributed by atoms with E-state index in [-0.39, 0.29) is 11.0 Å². The molecule has 4 nitrogen and oxygen atoms in total. The number of hydrogen-bond acceptors (Lipinski definition) is 3. The molecule has 88 valence electrons. The summed E-state index contributed by atoms with van der Waals surface area (Å²) < 4.78 is 4.93. The lowest BCUT2D eigenvalue weighted by molar-refractivity contribution is 0.0521. The van der Waals surface area contributed by atoms with Crippen molar-refractivity contribution >= 4 is 17.6 Å². The van der Waals surface area contributed by atoms with Gasteiger partial charge >= 0.3 is 5.97 Å². The molecule has 1 N–H and O–H groups in total. The van der Waals surface area contributed by atoms with Crippen molar-refractivity contribution in [1.29, 1.82) is 0 Å². The van der Waals surface area contributed by atoms with Crippen LogP contribution in [0.1, 0.15) is 17.4 Å². The molecule has 0 saturated heterocycles. The Morgan fingerprint density at radius 2 is 2.12 bits per heavy atom. The first-order valence-corrected chi connectivity index (χ1v) is 5.58. The molecule has 0 aliphatic heterocycles. The van der Waals surface area contributed by atoms with Crippen LogP contribution < -0.4 is 0 Å². The molecule has 0 bridgehead atoms. The van der Waals surface area contributed by atoms with Crippen LogP contribution in [0.4, 0.5) is 0 Å². The summed E-state index contributed by atoms with van der Waals surface area (Å²) in [5.41, 5.74) is 1.61. The highest BCUT2D eigenvalue weighted by Gasteiger charge is 2.18. The van der Waals surface area contributed by atoms with Crippen LogP contribution >= 0.6 is 11.6 Å². The quantitative estimate of drug-likeness (QED) is 0.852. The van der Waals surface area contributed by atoms with Gasteiger partial charge in [0.1, 0.15) is 5.69 Å². The highest BCUT2D eigenvalue weighted by molar-refractivity contribution is 6.28. The van der Waals surface area contributed by atoms with Gasteiger partial charge < -0.3 is 9.72 Å². The van der Waals surface area contributed by atoms with Crippen LogP contribution in [-0.4, -0.2) is 22.5 Å². The van der Waals surface area contributed by atoms with Gasteiger partial charge in [0.05, 0.1) is 6.61 Å². The highest BCUT2D eigenvalue weighted by Crippen LogP contribution is 2.23. The summed E-state index contributed by atoms with van der Waals surface area (Å²) in [6.45, 7) is 2.06. The minimum absolute atomic E-state index is 0.173. The molecule has 0 aliphatic carbocycles. The number of aromatic amines is 1. The lowest BCUT2D eigenvalue weighted by Gasteiger charge is -2.02. The van der Waals surface area contributed by atoms with Gasteiger partial charge in [-0.05, 0) is 18.5 Å². The Balaban J connectivity index is 2.44. The molecular weight excluding hydrogens is 240 g/mol. The summed E-state index contributed by atoms with van der Waals surface area (Å²) in [7, 11) is 0. The van der Waals surface area contributed by atoms with Gasteiger partial charge in [-0.15, -0.1) is 0 Å². The number of esters is 1. The zero-order valence-corrected chi connectivity index (χ0v) is 9.99. The summed E-state index contributed by atoms with van der Waals surface area (Å²) >= 11 is 5.79. The summed E-state index contributed by atoms with van der Waals surface area (Å²) in [6.07, 6.45) is 0. The van der Waals surface area contributed by atoms with Gasteiger partial charge in [-0.1, -0.05) is 30.3 Å². The van der Waals surface area contributed by atoms with Crippen LogP contribution in [-0.2, 0) is 4.74 Å². The third-order valence-corrected chi connectivity index (χ3v) is 2.38. The Kier molecular flexibility index (Phi) is 3.44. The van der Waals surface area contributed by atoms with Gasteiger partial charge in [-0.2, -0.15) is 0 Å². The number of carbonyl (C=O) groups excluding carboxylic acids is 1. The number of benzene rings is 1. The first kappa shape index (κ1) is 11.7. The van der Waals surface area contributed by atoms with Crippen molar-refractivity contribution in [3.05, 3.63) is 41.3 Å². The molecule has 0 unspecified atom stereocenters. The van der Waals surface area contributed by atoms with Gasteiger partial charge in [0.25, 0.3) is 0 Å². The minimum atomic E-state index is -0.453. The standard InChI is InChI=1S/C12H11ClN2O2/c1-2-17-11(16)10-9(14-12(13)15-10)8-6-4-3-5-7-8/h3-7H,2H2,1H3,(H,14,15). The van der Waals surface area contributed by atoms with Gasteiger partial charge in [-0.3, -0.25) is 0 Å². The number of imidazole rings is 1.